The first-order chi connectivity index (χ1) is 13.4. The lowest BCUT2D eigenvalue weighted by Gasteiger charge is -2.10. The number of benzene rings is 1. The van der Waals surface area contributed by atoms with Crippen LogP contribution in [-0.4, -0.2) is 34.9 Å². The van der Waals surface area contributed by atoms with Gasteiger partial charge in [-0.05, 0) is 31.9 Å². The summed E-state index contributed by atoms with van der Waals surface area (Å²) in [4.78, 5) is 24.5. The smallest absolute Gasteiger partial charge is 0.416 e. The second-order valence-electron chi connectivity index (χ2n) is 5.70. The molecular weight excluding hydrogens is 375 g/mol. The van der Waals surface area contributed by atoms with Crippen LogP contribution in [0, 0.1) is 0 Å². The Morgan fingerprint density at radius 1 is 1.21 bits per heavy atom. The van der Waals surface area contributed by atoms with Gasteiger partial charge in [0.15, 0.2) is 0 Å². The van der Waals surface area contributed by atoms with E-state index in [-0.39, 0.29) is 36.0 Å². The van der Waals surface area contributed by atoms with Gasteiger partial charge in [-0.25, -0.2) is 0 Å². The second kappa shape index (κ2) is 10.4. The number of ether oxygens (including phenoxy) is 1. The van der Waals surface area contributed by atoms with Crippen LogP contribution in [0.5, 0.6) is 0 Å². The van der Waals surface area contributed by atoms with Crippen molar-refractivity contribution in [3.8, 4) is 0 Å². The highest BCUT2D eigenvalue weighted by Gasteiger charge is 2.31. The van der Waals surface area contributed by atoms with Gasteiger partial charge in [0.2, 0.25) is 0 Å². The van der Waals surface area contributed by atoms with Crippen molar-refractivity contribution in [1.29, 1.82) is 0 Å². The van der Waals surface area contributed by atoms with Crippen LogP contribution in [0.4, 0.5) is 13.2 Å². The Kier molecular flexibility index (Phi) is 7.91. The zero-order valence-corrected chi connectivity index (χ0v) is 15.3. The highest BCUT2D eigenvalue weighted by molar-refractivity contribution is 6.11. The Morgan fingerprint density at radius 2 is 2.04 bits per heavy atom. The second-order valence-corrected chi connectivity index (χ2v) is 5.70. The van der Waals surface area contributed by atoms with Crippen LogP contribution >= 0.6 is 0 Å². The first-order valence-electron chi connectivity index (χ1n) is 8.71. The Morgan fingerprint density at radius 3 is 2.71 bits per heavy atom. The number of alkyl halides is 3. The van der Waals surface area contributed by atoms with Crippen LogP contribution in [-0.2, 0) is 20.5 Å². The molecule has 0 amide bonds. The van der Waals surface area contributed by atoms with Crippen LogP contribution in [0.1, 0.15) is 43.0 Å². The number of rotatable bonds is 9. The molecule has 0 N–H and O–H groups in total. The molecule has 1 heterocycles. The highest BCUT2D eigenvalue weighted by Crippen LogP contribution is 2.30. The third-order valence-corrected chi connectivity index (χ3v) is 3.60. The molecule has 0 spiro atoms. The maximum Gasteiger partial charge on any atom is 0.416 e. The molecule has 0 fully saturated rings. The molecule has 9 heteroatoms. The fraction of sp³-hybridized carbons (Fsp3) is 0.368. The summed E-state index contributed by atoms with van der Waals surface area (Å²) in [6.45, 7) is 2.26. The van der Waals surface area contributed by atoms with Gasteiger partial charge in [-0.2, -0.15) is 13.2 Å². The van der Waals surface area contributed by atoms with Gasteiger partial charge in [-0.15, -0.1) is 0 Å². The zero-order valence-electron chi connectivity index (χ0n) is 15.3. The molecule has 0 aliphatic carbocycles. The van der Waals surface area contributed by atoms with Gasteiger partial charge in [0, 0.05) is 24.4 Å². The molecule has 0 atom stereocenters. The van der Waals surface area contributed by atoms with E-state index in [2.05, 4.69) is 15.1 Å². The van der Waals surface area contributed by atoms with E-state index in [1.807, 2.05) is 0 Å². The van der Waals surface area contributed by atoms with Gasteiger partial charge in [-0.3, -0.25) is 14.8 Å². The summed E-state index contributed by atoms with van der Waals surface area (Å²) < 4.78 is 43.9. The molecule has 0 aliphatic rings. The first kappa shape index (κ1) is 21.3. The molecule has 1 aromatic carbocycles. The normalized spacial score (nSPS) is 11.9. The maximum atomic E-state index is 13.0. The summed E-state index contributed by atoms with van der Waals surface area (Å²) in [6, 6.07) is 4.75. The SMILES string of the molecule is CCOC(=O)CCCCO/N=C(\c1cccc(C(F)(F)F)c1)c1cnccn1. The minimum Gasteiger partial charge on any atom is -0.466 e. The number of halogens is 3. The average molecular weight is 395 g/mol. The van der Waals surface area contributed by atoms with E-state index in [0.29, 0.717) is 19.4 Å². The predicted octanol–water partition coefficient (Wildman–Crippen LogP) is 4.00. The third kappa shape index (κ3) is 6.64. The number of nitrogens with zero attached hydrogens (tertiary/aromatic N) is 3. The molecule has 0 bridgehead atoms. The lowest BCUT2D eigenvalue weighted by molar-refractivity contribution is -0.143. The number of hydrogen-bond acceptors (Lipinski definition) is 6. The Balaban J connectivity index is 2.09. The molecule has 0 radical (unpaired) electrons. The van der Waals surface area contributed by atoms with E-state index in [4.69, 9.17) is 9.57 Å². The molecule has 28 heavy (non-hydrogen) atoms. The number of carbonyl (C=O) groups is 1. The Labute approximate surface area is 160 Å². The van der Waals surface area contributed by atoms with Gasteiger partial charge < -0.3 is 9.57 Å². The van der Waals surface area contributed by atoms with Crippen molar-refractivity contribution in [2.75, 3.05) is 13.2 Å². The number of oxime groups is 1. The molecule has 0 unspecified atom stereocenters. The zero-order chi connectivity index (χ0) is 20.4. The molecule has 2 aromatic rings. The maximum absolute atomic E-state index is 13.0. The van der Waals surface area contributed by atoms with E-state index in [0.717, 1.165) is 12.1 Å². The fourth-order valence-corrected chi connectivity index (χ4v) is 2.29. The number of hydrogen-bond donors (Lipinski definition) is 0. The summed E-state index contributed by atoms with van der Waals surface area (Å²) in [5.74, 6) is -0.282. The minimum atomic E-state index is -4.47. The van der Waals surface area contributed by atoms with Crippen molar-refractivity contribution in [2.24, 2.45) is 5.16 Å². The topological polar surface area (TPSA) is 73.7 Å². The van der Waals surface area contributed by atoms with Crippen molar-refractivity contribution >= 4 is 11.7 Å². The number of aromatic nitrogens is 2. The van der Waals surface area contributed by atoms with Crippen LogP contribution in [0.15, 0.2) is 48.0 Å². The van der Waals surface area contributed by atoms with Gasteiger partial charge >= 0.3 is 12.1 Å². The van der Waals surface area contributed by atoms with E-state index >= 15 is 0 Å². The molecule has 0 saturated carbocycles. The standard InChI is InChI=1S/C19H20F3N3O3/c1-2-27-17(26)8-3-4-11-28-25-18(16-13-23-9-10-24-16)14-6-5-7-15(12-14)19(20,21)22/h5-7,9-10,12-13H,2-4,8,11H2,1H3/b25-18+. The number of unbranched alkanes of at least 4 members (excludes halogenated alkanes) is 1. The largest absolute Gasteiger partial charge is 0.466 e. The molecule has 0 aliphatic heterocycles. The summed E-state index contributed by atoms with van der Waals surface area (Å²) in [5.41, 5.74) is -0.157. The van der Waals surface area contributed by atoms with Gasteiger partial charge in [-0.1, -0.05) is 17.3 Å². The van der Waals surface area contributed by atoms with Gasteiger partial charge in [0.25, 0.3) is 0 Å². The van der Waals surface area contributed by atoms with Crippen molar-refractivity contribution in [3.05, 3.63) is 59.7 Å². The van der Waals surface area contributed by atoms with E-state index in [1.165, 1.54) is 30.7 Å². The quantitative estimate of drug-likeness (QED) is 0.278. The third-order valence-electron chi connectivity index (χ3n) is 3.60. The number of esters is 1. The monoisotopic (exact) mass is 395 g/mol. The minimum absolute atomic E-state index is 0.143. The summed E-state index contributed by atoms with van der Waals surface area (Å²) in [5, 5.41) is 3.97. The summed E-state index contributed by atoms with van der Waals surface area (Å²) in [6.07, 6.45) is 1.14. The van der Waals surface area contributed by atoms with Gasteiger partial charge in [0.1, 0.15) is 18.0 Å². The average Bonchev–Trinajstić information content (AvgIpc) is 2.68. The lowest BCUT2D eigenvalue weighted by Crippen LogP contribution is -2.11. The van der Waals surface area contributed by atoms with Gasteiger partial charge in [0.05, 0.1) is 18.4 Å². The van der Waals surface area contributed by atoms with Crippen LogP contribution in [0.25, 0.3) is 0 Å². The Hall–Kier alpha value is -2.97. The molecule has 1 aromatic heterocycles. The molecule has 0 saturated heterocycles. The highest BCUT2D eigenvalue weighted by atomic mass is 19.4. The van der Waals surface area contributed by atoms with E-state index in [9.17, 15) is 18.0 Å². The van der Waals surface area contributed by atoms with Crippen molar-refractivity contribution in [3.63, 3.8) is 0 Å². The van der Waals surface area contributed by atoms with E-state index < -0.39 is 11.7 Å². The number of carbonyl (C=O) groups excluding carboxylic acids is 1. The van der Waals surface area contributed by atoms with Crippen molar-refractivity contribution in [2.45, 2.75) is 32.4 Å². The summed E-state index contributed by atoms with van der Waals surface area (Å²) in [7, 11) is 0. The molecule has 150 valence electrons. The van der Waals surface area contributed by atoms with Crippen LogP contribution in [0.3, 0.4) is 0 Å². The molecule has 2 rings (SSSR count). The first-order valence-corrected chi connectivity index (χ1v) is 8.71. The van der Waals surface area contributed by atoms with Crippen molar-refractivity contribution in [1.82, 2.24) is 9.97 Å². The Bertz CT molecular complexity index is 796. The van der Waals surface area contributed by atoms with Crippen LogP contribution < -0.4 is 0 Å². The van der Waals surface area contributed by atoms with Crippen molar-refractivity contribution < 1.29 is 27.5 Å². The molecule has 6 nitrogen and oxygen atoms in total. The fourth-order valence-electron chi connectivity index (χ4n) is 2.29. The van der Waals surface area contributed by atoms with Crippen LogP contribution in [0.2, 0.25) is 0 Å². The lowest BCUT2D eigenvalue weighted by atomic mass is 10.0. The predicted molar refractivity (Wildman–Crippen MR) is 95.6 cm³/mol. The summed E-state index contributed by atoms with van der Waals surface area (Å²) >= 11 is 0. The molecular formula is C19H20F3N3O3. The van der Waals surface area contributed by atoms with E-state index in [1.54, 1.807) is 6.92 Å².